The maximum absolute atomic E-state index is 11.9. The lowest BCUT2D eigenvalue weighted by atomic mass is 10.2. The van der Waals surface area contributed by atoms with E-state index >= 15 is 0 Å². The third kappa shape index (κ3) is 2.62. The molecule has 0 aliphatic rings. The molecule has 1 atom stereocenters. The van der Waals surface area contributed by atoms with Crippen LogP contribution in [0.2, 0.25) is 0 Å². The lowest BCUT2D eigenvalue weighted by Crippen LogP contribution is -2.31. The van der Waals surface area contributed by atoms with Gasteiger partial charge in [-0.15, -0.1) is 11.3 Å². The zero-order valence-corrected chi connectivity index (χ0v) is 11.3. The molecule has 0 aromatic carbocycles. The van der Waals surface area contributed by atoms with Crippen LogP contribution in [0.25, 0.3) is 0 Å². The molecule has 1 N–H and O–H groups in total. The average molecular weight is 288 g/mol. The van der Waals surface area contributed by atoms with Crippen LogP contribution < -0.4 is 5.32 Å². The summed E-state index contributed by atoms with van der Waals surface area (Å²) in [6.07, 6.45) is 5.04. The third-order valence-corrected chi connectivity index (χ3v) is 3.81. The summed E-state index contributed by atoms with van der Waals surface area (Å²) in [5.74, 6) is -0.0772. The van der Waals surface area contributed by atoms with Crippen LogP contribution in [-0.2, 0) is 0 Å². The topological polar surface area (TPSA) is 73.0 Å². The maximum Gasteiger partial charge on any atom is 0.289 e. The van der Waals surface area contributed by atoms with Crippen molar-refractivity contribution in [1.82, 2.24) is 20.3 Å². The molecule has 0 saturated heterocycles. The molecule has 102 valence electrons. The van der Waals surface area contributed by atoms with E-state index in [1.165, 1.54) is 12.3 Å². The molecule has 0 aliphatic carbocycles. The average Bonchev–Trinajstić information content (AvgIpc) is 3.22. The van der Waals surface area contributed by atoms with Gasteiger partial charge >= 0.3 is 0 Å². The minimum Gasteiger partial charge on any atom is -0.351 e. The molecule has 0 saturated carbocycles. The molecular weight excluding hydrogens is 276 g/mol. The lowest BCUT2D eigenvalue weighted by molar-refractivity contribution is 0.0912. The summed E-state index contributed by atoms with van der Waals surface area (Å²) in [4.78, 5) is 13.0. The summed E-state index contributed by atoms with van der Waals surface area (Å²) < 4.78 is 6.65. The van der Waals surface area contributed by atoms with Gasteiger partial charge in [0.05, 0.1) is 6.20 Å². The number of nitrogens with zero attached hydrogens (tertiary/aromatic N) is 3. The monoisotopic (exact) mass is 288 g/mol. The number of hydrogen-bond acceptors (Lipinski definition) is 5. The molecule has 3 rings (SSSR count). The van der Waals surface area contributed by atoms with Crippen LogP contribution in [0.4, 0.5) is 0 Å². The highest BCUT2D eigenvalue weighted by Gasteiger charge is 2.18. The summed E-state index contributed by atoms with van der Waals surface area (Å²) in [7, 11) is 0. The predicted octanol–water partition coefficient (Wildman–Crippen LogP) is 1.95. The summed E-state index contributed by atoms with van der Waals surface area (Å²) in [5.41, 5.74) is 0. The van der Waals surface area contributed by atoms with Gasteiger partial charge in [0.1, 0.15) is 6.04 Å². The Labute approximate surface area is 119 Å². The normalized spacial score (nSPS) is 12.2. The Balaban J connectivity index is 1.73. The number of thiophene rings is 1. The zero-order chi connectivity index (χ0) is 13.8. The van der Waals surface area contributed by atoms with Crippen molar-refractivity contribution in [2.24, 2.45) is 0 Å². The van der Waals surface area contributed by atoms with E-state index in [0.717, 1.165) is 4.88 Å². The minimum absolute atomic E-state index is 0.0307. The van der Waals surface area contributed by atoms with Crippen LogP contribution in [0.5, 0.6) is 0 Å². The van der Waals surface area contributed by atoms with Crippen molar-refractivity contribution < 1.29 is 9.32 Å². The Morgan fingerprint density at radius 3 is 3.00 bits per heavy atom. The van der Waals surface area contributed by atoms with E-state index < -0.39 is 0 Å². The Bertz CT molecular complexity index is 612. The van der Waals surface area contributed by atoms with E-state index in [0.29, 0.717) is 6.54 Å². The van der Waals surface area contributed by atoms with Crippen LogP contribution in [-0.4, -0.2) is 27.4 Å². The quantitative estimate of drug-likeness (QED) is 0.779. The predicted molar refractivity (Wildman–Crippen MR) is 73.5 cm³/mol. The van der Waals surface area contributed by atoms with Crippen molar-refractivity contribution in [2.45, 2.75) is 6.04 Å². The van der Waals surface area contributed by atoms with Gasteiger partial charge in [0.25, 0.3) is 5.91 Å². The van der Waals surface area contributed by atoms with Crippen molar-refractivity contribution in [3.8, 4) is 0 Å². The first-order chi connectivity index (χ1) is 9.84. The van der Waals surface area contributed by atoms with Crippen LogP contribution in [0.1, 0.15) is 21.5 Å². The molecule has 0 bridgehead atoms. The first-order valence-corrected chi connectivity index (χ1v) is 6.94. The molecule has 0 fully saturated rings. The first-order valence-electron chi connectivity index (χ1n) is 6.06. The second-order valence-corrected chi connectivity index (χ2v) is 5.08. The SMILES string of the molecule is O=C(NC[C@@H](c1cccs1)n1cccn1)c1ccno1. The lowest BCUT2D eigenvalue weighted by Gasteiger charge is -2.16. The smallest absolute Gasteiger partial charge is 0.289 e. The Morgan fingerprint density at radius 2 is 2.35 bits per heavy atom. The molecule has 0 unspecified atom stereocenters. The van der Waals surface area contributed by atoms with Crippen molar-refractivity contribution in [1.29, 1.82) is 0 Å². The molecule has 0 radical (unpaired) electrons. The highest BCUT2D eigenvalue weighted by atomic mass is 32.1. The Morgan fingerprint density at radius 1 is 1.40 bits per heavy atom. The van der Waals surface area contributed by atoms with Gasteiger partial charge in [0, 0.05) is 29.9 Å². The maximum atomic E-state index is 11.9. The van der Waals surface area contributed by atoms with Crippen LogP contribution in [0.15, 0.2) is 52.8 Å². The van der Waals surface area contributed by atoms with E-state index in [4.69, 9.17) is 4.52 Å². The molecule has 3 heterocycles. The number of hydrogen-bond donors (Lipinski definition) is 1. The molecule has 0 spiro atoms. The number of amides is 1. The van der Waals surface area contributed by atoms with Gasteiger partial charge in [0.2, 0.25) is 5.76 Å². The Kier molecular flexibility index (Phi) is 3.60. The van der Waals surface area contributed by atoms with Crippen LogP contribution in [0.3, 0.4) is 0 Å². The van der Waals surface area contributed by atoms with Gasteiger partial charge in [-0.1, -0.05) is 11.2 Å². The van der Waals surface area contributed by atoms with Crippen molar-refractivity contribution in [3.63, 3.8) is 0 Å². The van der Waals surface area contributed by atoms with Gasteiger partial charge in [-0.25, -0.2) is 0 Å². The number of carbonyl (C=O) groups is 1. The third-order valence-electron chi connectivity index (χ3n) is 2.83. The van der Waals surface area contributed by atoms with Crippen LogP contribution in [0, 0.1) is 0 Å². The van der Waals surface area contributed by atoms with E-state index in [1.807, 2.05) is 34.5 Å². The molecule has 20 heavy (non-hydrogen) atoms. The minimum atomic E-state index is -0.281. The molecule has 3 aromatic heterocycles. The summed E-state index contributed by atoms with van der Waals surface area (Å²) in [6.45, 7) is 0.432. The van der Waals surface area contributed by atoms with E-state index in [2.05, 4.69) is 15.6 Å². The van der Waals surface area contributed by atoms with Gasteiger partial charge in [-0.3, -0.25) is 9.48 Å². The second kappa shape index (κ2) is 5.70. The number of rotatable bonds is 5. The summed E-state index contributed by atoms with van der Waals surface area (Å²) in [5, 5.41) is 12.6. The number of carbonyl (C=O) groups excluding carboxylic acids is 1. The fourth-order valence-electron chi connectivity index (χ4n) is 1.88. The number of nitrogens with one attached hydrogen (secondary N) is 1. The van der Waals surface area contributed by atoms with E-state index in [-0.39, 0.29) is 17.7 Å². The van der Waals surface area contributed by atoms with Crippen molar-refractivity contribution >= 4 is 17.2 Å². The van der Waals surface area contributed by atoms with Crippen molar-refractivity contribution in [3.05, 3.63) is 58.9 Å². The fraction of sp³-hybridized carbons (Fsp3) is 0.154. The molecule has 6 nitrogen and oxygen atoms in total. The molecule has 0 aliphatic heterocycles. The molecule has 3 aromatic rings. The summed E-state index contributed by atoms with van der Waals surface area (Å²) >= 11 is 1.63. The molecular formula is C13H12N4O2S. The van der Waals surface area contributed by atoms with Crippen molar-refractivity contribution in [2.75, 3.05) is 6.54 Å². The highest BCUT2D eigenvalue weighted by Crippen LogP contribution is 2.21. The standard InChI is InChI=1S/C13H12N4O2S/c18-13(11-4-6-16-19-11)14-9-10(12-3-1-8-20-12)17-7-2-5-15-17/h1-8,10H,9H2,(H,14,18)/t10-/m0/s1. The van der Waals surface area contributed by atoms with E-state index in [1.54, 1.807) is 17.5 Å². The highest BCUT2D eigenvalue weighted by molar-refractivity contribution is 7.10. The van der Waals surface area contributed by atoms with Gasteiger partial charge < -0.3 is 9.84 Å². The fourth-order valence-corrected chi connectivity index (χ4v) is 2.70. The van der Waals surface area contributed by atoms with E-state index in [9.17, 15) is 4.79 Å². The van der Waals surface area contributed by atoms with Crippen LogP contribution >= 0.6 is 11.3 Å². The largest absolute Gasteiger partial charge is 0.351 e. The second-order valence-electron chi connectivity index (χ2n) is 4.10. The summed E-state index contributed by atoms with van der Waals surface area (Å²) in [6, 6.07) is 7.37. The molecule has 1 amide bonds. The Hall–Kier alpha value is -2.41. The van der Waals surface area contributed by atoms with Gasteiger partial charge in [-0.2, -0.15) is 5.10 Å². The number of aromatic nitrogens is 3. The molecule has 7 heteroatoms. The van der Waals surface area contributed by atoms with Gasteiger partial charge in [0.15, 0.2) is 0 Å². The zero-order valence-electron chi connectivity index (χ0n) is 10.5. The first kappa shape index (κ1) is 12.6. The van der Waals surface area contributed by atoms with Gasteiger partial charge in [-0.05, 0) is 17.5 Å².